The molecule has 0 aromatic heterocycles. The van der Waals surface area contributed by atoms with Crippen LogP contribution in [0, 0.1) is 11.7 Å². The van der Waals surface area contributed by atoms with Gasteiger partial charge in [-0.05, 0) is 44.0 Å². The molecule has 1 aliphatic heterocycles. The van der Waals surface area contributed by atoms with E-state index in [-0.39, 0.29) is 29.5 Å². The van der Waals surface area contributed by atoms with E-state index in [0.29, 0.717) is 25.1 Å². The van der Waals surface area contributed by atoms with E-state index in [9.17, 15) is 14.0 Å². The Morgan fingerprint density at radius 1 is 1.38 bits per heavy atom. The Kier molecular flexibility index (Phi) is 6.31. The van der Waals surface area contributed by atoms with Crippen LogP contribution in [0.25, 0.3) is 0 Å². The largest absolute Gasteiger partial charge is 0.337 e. The van der Waals surface area contributed by atoms with Gasteiger partial charge in [-0.15, -0.1) is 0 Å². The van der Waals surface area contributed by atoms with Crippen molar-refractivity contribution < 1.29 is 14.0 Å². The normalized spacial score (nSPS) is 17.9. The quantitative estimate of drug-likeness (QED) is 0.869. The number of amides is 2. The first-order valence-corrected chi connectivity index (χ1v) is 8.46. The number of likely N-dealkylation sites (tertiary alicyclic amines) is 1. The van der Waals surface area contributed by atoms with Crippen LogP contribution in [0.15, 0.2) is 18.2 Å². The molecular weight excluding hydrogens is 309 g/mol. The molecule has 1 atom stereocenters. The Labute approximate surface area is 142 Å². The van der Waals surface area contributed by atoms with Crippen LogP contribution in [0.4, 0.5) is 10.1 Å². The molecule has 0 bridgehead atoms. The maximum absolute atomic E-state index is 14.2. The molecule has 2 amide bonds. The summed E-state index contributed by atoms with van der Waals surface area (Å²) in [5.41, 5.74) is 0.426. The molecule has 2 N–H and O–H groups in total. The highest BCUT2D eigenvalue weighted by Crippen LogP contribution is 2.19. The molecule has 1 heterocycles. The highest BCUT2D eigenvalue weighted by molar-refractivity contribution is 5.96. The first-order valence-electron chi connectivity index (χ1n) is 8.46. The zero-order valence-electron chi connectivity index (χ0n) is 14.6. The summed E-state index contributed by atoms with van der Waals surface area (Å²) in [5.74, 6) is -0.780. The number of rotatable bonds is 5. The number of carbonyl (C=O) groups excluding carboxylic acids is 2. The van der Waals surface area contributed by atoms with Gasteiger partial charge in [-0.3, -0.25) is 9.59 Å². The van der Waals surface area contributed by atoms with E-state index in [4.69, 9.17) is 0 Å². The van der Waals surface area contributed by atoms with Crippen LogP contribution in [-0.2, 0) is 4.79 Å². The maximum atomic E-state index is 14.2. The van der Waals surface area contributed by atoms with Gasteiger partial charge in [0, 0.05) is 31.1 Å². The number of likely N-dealkylation sites (N-methyl/N-ethyl adjacent to an activating group) is 1. The first-order chi connectivity index (χ1) is 11.4. The van der Waals surface area contributed by atoms with Crippen molar-refractivity contribution in [2.24, 2.45) is 5.92 Å². The van der Waals surface area contributed by atoms with Gasteiger partial charge in [-0.2, -0.15) is 0 Å². The maximum Gasteiger partial charge on any atom is 0.254 e. The van der Waals surface area contributed by atoms with Crippen molar-refractivity contribution in [3.63, 3.8) is 0 Å². The minimum absolute atomic E-state index is 0.115. The van der Waals surface area contributed by atoms with E-state index in [1.807, 2.05) is 20.9 Å². The molecule has 5 nitrogen and oxygen atoms in total. The number of nitrogens with one attached hydrogen (secondary N) is 2. The Balaban J connectivity index is 2.05. The summed E-state index contributed by atoms with van der Waals surface area (Å²) in [4.78, 5) is 26.0. The molecule has 1 fully saturated rings. The van der Waals surface area contributed by atoms with Crippen molar-refractivity contribution in [1.29, 1.82) is 0 Å². The van der Waals surface area contributed by atoms with Gasteiger partial charge in [-0.25, -0.2) is 4.39 Å². The fourth-order valence-corrected chi connectivity index (χ4v) is 2.90. The summed E-state index contributed by atoms with van der Waals surface area (Å²) in [5, 5.41) is 5.74. The number of halogens is 1. The lowest BCUT2D eigenvalue weighted by Gasteiger charge is -2.32. The molecule has 1 saturated heterocycles. The van der Waals surface area contributed by atoms with Crippen molar-refractivity contribution in [3.8, 4) is 0 Å². The molecular formula is C18H26FN3O2. The van der Waals surface area contributed by atoms with Gasteiger partial charge in [0.1, 0.15) is 5.82 Å². The Hall–Kier alpha value is -1.95. The predicted molar refractivity (Wildman–Crippen MR) is 92.5 cm³/mol. The van der Waals surface area contributed by atoms with E-state index in [1.54, 1.807) is 11.0 Å². The second kappa shape index (κ2) is 8.24. The van der Waals surface area contributed by atoms with E-state index in [2.05, 4.69) is 10.6 Å². The molecule has 0 spiro atoms. The van der Waals surface area contributed by atoms with E-state index >= 15 is 0 Å². The fourth-order valence-electron chi connectivity index (χ4n) is 2.90. The number of anilines is 1. The Bertz CT molecular complexity index is 604. The van der Waals surface area contributed by atoms with Gasteiger partial charge >= 0.3 is 0 Å². The van der Waals surface area contributed by atoms with Gasteiger partial charge < -0.3 is 15.5 Å². The van der Waals surface area contributed by atoms with E-state index < -0.39 is 5.82 Å². The number of nitrogens with zero attached hydrogens (tertiary/aromatic N) is 1. The zero-order chi connectivity index (χ0) is 17.7. The summed E-state index contributed by atoms with van der Waals surface area (Å²) in [6, 6.07) is 4.51. The molecule has 1 aromatic rings. The van der Waals surface area contributed by atoms with Gasteiger partial charge in [-0.1, -0.05) is 13.8 Å². The highest BCUT2D eigenvalue weighted by Gasteiger charge is 2.24. The molecule has 132 valence electrons. The number of hydrogen-bond acceptors (Lipinski definition) is 3. The third-order valence-electron chi connectivity index (χ3n) is 4.20. The van der Waals surface area contributed by atoms with Crippen molar-refractivity contribution in [1.82, 2.24) is 10.2 Å². The second-order valence-electron chi connectivity index (χ2n) is 6.72. The summed E-state index contributed by atoms with van der Waals surface area (Å²) < 4.78 is 14.2. The van der Waals surface area contributed by atoms with Crippen LogP contribution in [0.1, 0.15) is 43.5 Å². The lowest BCUT2D eigenvalue weighted by Crippen LogP contribution is -2.46. The fraction of sp³-hybridized carbons (Fsp3) is 0.556. The highest BCUT2D eigenvalue weighted by atomic mass is 19.1. The molecule has 0 aliphatic carbocycles. The van der Waals surface area contributed by atoms with Gasteiger partial charge in [0.25, 0.3) is 5.91 Å². The summed E-state index contributed by atoms with van der Waals surface area (Å²) in [6.07, 6.45) is 2.30. The van der Waals surface area contributed by atoms with Gasteiger partial charge in [0.05, 0.1) is 5.69 Å². The SMILES string of the molecule is CNC1CCCN(C(=O)c2ccc(NC(=O)CC(C)C)c(F)c2)C1. The molecule has 1 aliphatic rings. The van der Waals surface area contributed by atoms with E-state index in [0.717, 1.165) is 12.8 Å². The molecule has 6 heteroatoms. The molecule has 24 heavy (non-hydrogen) atoms. The number of carbonyl (C=O) groups is 2. The summed E-state index contributed by atoms with van der Waals surface area (Å²) >= 11 is 0. The third kappa shape index (κ3) is 4.77. The van der Waals surface area contributed by atoms with Crippen LogP contribution >= 0.6 is 0 Å². The Morgan fingerprint density at radius 3 is 2.75 bits per heavy atom. The minimum Gasteiger partial charge on any atom is -0.337 e. The molecule has 2 rings (SSSR count). The molecule has 0 saturated carbocycles. The van der Waals surface area contributed by atoms with Crippen molar-refractivity contribution in [2.75, 3.05) is 25.5 Å². The zero-order valence-corrected chi connectivity index (χ0v) is 14.6. The third-order valence-corrected chi connectivity index (χ3v) is 4.20. The van der Waals surface area contributed by atoms with Crippen LogP contribution in [0.3, 0.4) is 0 Å². The van der Waals surface area contributed by atoms with Crippen molar-refractivity contribution in [3.05, 3.63) is 29.6 Å². The van der Waals surface area contributed by atoms with Gasteiger partial charge in [0.15, 0.2) is 0 Å². The number of piperidine rings is 1. The number of benzene rings is 1. The van der Waals surface area contributed by atoms with Crippen LogP contribution in [0.5, 0.6) is 0 Å². The molecule has 0 radical (unpaired) electrons. The van der Waals surface area contributed by atoms with Crippen molar-refractivity contribution >= 4 is 17.5 Å². The van der Waals surface area contributed by atoms with Crippen molar-refractivity contribution in [2.45, 2.75) is 39.2 Å². The Morgan fingerprint density at radius 2 is 2.12 bits per heavy atom. The summed E-state index contributed by atoms with van der Waals surface area (Å²) in [7, 11) is 1.88. The lowest BCUT2D eigenvalue weighted by molar-refractivity contribution is -0.116. The van der Waals surface area contributed by atoms with Crippen LogP contribution in [-0.4, -0.2) is 42.9 Å². The van der Waals surface area contributed by atoms with Crippen LogP contribution in [0.2, 0.25) is 0 Å². The van der Waals surface area contributed by atoms with Gasteiger partial charge in [0.2, 0.25) is 5.91 Å². The average Bonchev–Trinajstić information content (AvgIpc) is 2.55. The number of hydrogen-bond donors (Lipinski definition) is 2. The second-order valence-corrected chi connectivity index (χ2v) is 6.72. The summed E-state index contributed by atoms with van der Waals surface area (Å²) in [6.45, 7) is 5.17. The topological polar surface area (TPSA) is 61.4 Å². The lowest BCUT2D eigenvalue weighted by atomic mass is 10.0. The standard InChI is InChI=1S/C18H26FN3O2/c1-12(2)9-17(23)21-16-7-6-13(10-15(16)19)18(24)22-8-4-5-14(11-22)20-3/h6-7,10,12,14,20H,4-5,8-9,11H2,1-3H3,(H,21,23). The smallest absolute Gasteiger partial charge is 0.254 e. The monoisotopic (exact) mass is 335 g/mol. The van der Waals surface area contributed by atoms with Crippen LogP contribution < -0.4 is 10.6 Å². The first kappa shape index (κ1) is 18.4. The molecule has 1 aromatic carbocycles. The average molecular weight is 335 g/mol. The minimum atomic E-state index is -0.583. The van der Waals surface area contributed by atoms with E-state index in [1.165, 1.54) is 12.1 Å². The molecule has 1 unspecified atom stereocenters. The predicted octanol–water partition coefficient (Wildman–Crippen LogP) is 2.63.